The topological polar surface area (TPSA) is 79.0 Å². The van der Waals surface area contributed by atoms with Crippen LogP contribution in [0, 0.1) is 0 Å². The first-order valence-electron chi connectivity index (χ1n) is 11.1. The summed E-state index contributed by atoms with van der Waals surface area (Å²) in [5.74, 6) is 2.68. The molecule has 0 radical (unpaired) electrons. The third-order valence-corrected chi connectivity index (χ3v) is 6.40. The average Bonchev–Trinajstić information content (AvgIpc) is 3.22. The summed E-state index contributed by atoms with van der Waals surface area (Å²) in [5.41, 5.74) is 11.6. The van der Waals surface area contributed by atoms with Crippen LogP contribution in [-0.2, 0) is 5.54 Å². The van der Waals surface area contributed by atoms with Crippen LogP contribution in [0.5, 0.6) is 17.2 Å². The standard InChI is InChI=1S/C28H23N3O3/c1-32-22-14-19(16-30-17-22)18-5-4-6-20(13-18)28(24-8-3-2-7-23(24)27(29)31-28)21-9-10-25-26(15-21)34-12-11-33-25/h2-10,13-17H,11-12H2,1H3,(H2,29,31). The van der Waals surface area contributed by atoms with E-state index < -0.39 is 5.54 Å². The Labute approximate surface area is 197 Å². The number of ether oxygens (including phenoxy) is 3. The molecule has 2 N–H and O–H groups in total. The van der Waals surface area contributed by atoms with Gasteiger partial charge in [0.2, 0.25) is 0 Å². The van der Waals surface area contributed by atoms with Crippen molar-refractivity contribution in [3.8, 4) is 28.4 Å². The zero-order valence-electron chi connectivity index (χ0n) is 18.7. The molecule has 0 fully saturated rings. The van der Waals surface area contributed by atoms with Crippen molar-refractivity contribution < 1.29 is 14.2 Å². The lowest BCUT2D eigenvalue weighted by Gasteiger charge is -2.31. The fourth-order valence-corrected chi connectivity index (χ4v) is 4.81. The van der Waals surface area contributed by atoms with Gasteiger partial charge in [-0.3, -0.25) is 4.98 Å². The quantitative estimate of drug-likeness (QED) is 0.495. The molecule has 0 saturated carbocycles. The van der Waals surface area contributed by atoms with Gasteiger partial charge in [-0.05, 0) is 46.5 Å². The van der Waals surface area contributed by atoms with E-state index >= 15 is 0 Å². The Balaban J connectivity index is 1.59. The van der Waals surface area contributed by atoms with E-state index in [1.807, 2.05) is 54.7 Å². The molecule has 34 heavy (non-hydrogen) atoms. The Kier molecular flexibility index (Phi) is 4.73. The van der Waals surface area contributed by atoms with Gasteiger partial charge >= 0.3 is 0 Å². The van der Waals surface area contributed by atoms with Gasteiger partial charge in [0, 0.05) is 17.3 Å². The zero-order valence-corrected chi connectivity index (χ0v) is 18.7. The highest BCUT2D eigenvalue weighted by molar-refractivity contribution is 6.03. The number of fused-ring (bicyclic) bond motifs is 2. The summed E-state index contributed by atoms with van der Waals surface area (Å²) < 4.78 is 17.1. The van der Waals surface area contributed by atoms with Crippen molar-refractivity contribution in [2.24, 2.45) is 10.7 Å². The molecule has 4 aromatic rings. The minimum atomic E-state index is -0.821. The molecule has 6 rings (SSSR count). The van der Waals surface area contributed by atoms with Crippen LogP contribution in [-0.4, -0.2) is 31.1 Å². The number of hydrogen-bond acceptors (Lipinski definition) is 6. The summed E-state index contributed by atoms with van der Waals surface area (Å²) >= 11 is 0. The van der Waals surface area contributed by atoms with E-state index in [4.69, 9.17) is 24.9 Å². The van der Waals surface area contributed by atoms with E-state index in [0.29, 0.717) is 24.8 Å². The number of benzene rings is 3. The van der Waals surface area contributed by atoms with Gasteiger partial charge in [0.05, 0.1) is 13.3 Å². The number of nitrogens with two attached hydrogens (primary N) is 1. The third-order valence-electron chi connectivity index (χ3n) is 6.40. The molecule has 0 amide bonds. The van der Waals surface area contributed by atoms with Crippen molar-refractivity contribution in [1.82, 2.24) is 4.98 Å². The Morgan fingerprint density at radius 2 is 1.65 bits per heavy atom. The van der Waals surface area contributed by atoms with Gasteiger partial charge in [0.25, 0.3) is 0 Å². The van der Waals surface area contributed by atoms with Crippen LogP contribution in [0.25, 0.3) is 11.1 Å². The molecule has 168 valence electrons. The maximum absolute atomic E-state index is 6.49. The molecule has 1 unspecified atom stereocenters. The number of amidine groups is 1. The van der Waals surface area contributed by atoms with Crippen LogP contribution in [0.3, 0.4) is 0 Å². The van der Waals surface area contributed by atoms with Crippen LogP contribution < -0.4 is 19.9 Å². The summed E-state index contributed by atoms with van der Waals surface area (Å²) in [7, 11) is 1.64. The SMILES string of the molecule is COc1cncc(-c2cccc(C3(c4ccc5c(c4)OCCO5)N=C(N)c4ccccc43)c2)c1. The Bertz CT molecular complexity index is 1430. The van der Waals surface area contributed by atoms with Gasteiger partial charge in [0.1, 0.15) is 30.3 Å². The molecule has 2 aliphatic rings. The second-order valence-electron chi connectivity index (χ2n) is 8.31. The van der Waals surface area contributed by atoms with Gasteiger partial charge < -0.3 is 19.9 Å². The van der Waals surface area contributed by atoms with E-state index in [1.54, 1.807) is 13.3 Å². The van der Waals surface area contributed by atoms with Crippen molar-refractivity contribution in [2.45, 2.75) is 5.54 Å². The molecule has 3 heterocycles. The smallest absolute Gasteiger partial charge is 0.161 e. The van der Waals surface area contributed by atoms with Crippen molar-refractivity contribution >= 4 is 5.84 Å². The van der Waals surface area contributed by atoms with Gasteiger partial charge in [-0.1, -0.05) is 48.5 Å². The van der Waals surface area contributed by atoms with Crippen LogP contribution in [0.15, 0.2) is 90.2 Å². The Morgan fingerprint density at radius 3 is 2.53 bits per heavy atom. The summed E-state index contributed by atoms with van der Waals surface area (Å²) in [6.07, 6.45) is 3.53. The summed E-state index contributed by atoms with van der Waals surface area (Å²) in [4.78, 5) is 9.43. The summed E-state index contributed by atoms with van der Waals surface area (Å²) in [6.45, 7) is 1.06. The number of aliphatic imine (C=N–C) groups is 1. The second-order valence-corrected chi connectivity index (χ2v) is 8.31. The first-order chi connectivity index (χ1) is 16.7. The maximum atomic E-state index is 6.49. The predicted octanol–water partition coefficient (Wildman–Crippen LogP) is 4.54. The number of nitrogens with zero attached hydrogens (tertiary/aromatic N) is 2. The van der Waals surface area contributed by atoms with Crippen molar-refractivity contribution in [3.05, 3.63) is 107 Å². The Morgan fingerprint density at radius 1 is 0.824 bits per heavy atom. The van der Waals surface area contributed by atoms with E-state index in [9.17, 15) is 0 Å². The largest absolute Gasteiger partial charge is 0.495 e. The molecule has 3 aromatic carbocycles. The lowest BCUT2D eigenvalue weighted by atomic mass is 9.77. The predicted molar refractivity (Wildman–Crippen MR) is 131 cm³/mol. The average molecular weight is 450 g/mol. The fraction of sp³-hybridized carbons (Fsp3) is 0.143. The lowest BCUT2D eigenvalue weighted by molar-refractivity contribution is 0.171. The lowest BCUT2D eigenvalue weighted by Crippen LogP contribution is -2.26. The highest BCUT2D eigenvalue weighted by atomic mass is 16.6. The second kappa shape index (κ2) is 7.92. The molecule has 2 aliphatic heterocycles. The van der Waals surface area contributed by atoms with Gasteiger partial charge in [-0.15, -0.1) is 0 Å². The van der Waals surface area contributed by atoms with Crippen LogP contribution in [0.2, 0.25) is 0 Å². The van der Waals surface area contributed by atoms with Gasteiger partial charge in [-0.25, -0.2) is 4.99 Å². The molecular formula is C28H23N3O3. The minimum Gasteiger partial charge on any atom is -0.495 e. The van der Waals surface area contributed by atoms with Crippen molar-refractivity contribution in [2.75, 3.05) is 20.3 Å². The van der Waals surface area contributed by atoms with Crippen LogP contribution in [0.1, 0.15) is 22.3 Å². The third kappa shape index (κ3) is 3.10. The molecule has 0 saturated heterocycles. The van der Waals surface area contributed by atoms with Crippen molar-refractivity contribution in [1.29, 1.82) is 0 Å². The molecule has 6 nitrogen and oxygen atoms in total. The molecule has 0 aliphatic carbocycles. The highest BCUT2D eigenvalue weighted by Gasteiger charge is 2.43. The first-order valence-corrected chi connectivity index (χ1v) is 11.1. The van der Waals surface area contributed by atoms with Gasteiger partial charge in [-0.2, -0.15) is 0 Å². The van der Waals surface area contributed by atoms with Crippen LogP contribution in [0.4, 0.5) is 0 Å². The van der Waals surface area contributed by atoms with E-state index in [2.05, 4.69) is 29.2 Å². The van der Waals surface area contributed by atoms with Crippen LogP contribution >= 0.6 is 0 Å². The number of hydrogen-bond donors (Lipinski definition) is 1. The molecular weight excluding hydrogens is 426 g/mol. The van der Waals surface area contributed by atoms with E-state index in [-0.39, 0.29) is 0 Å². The summed E-state index contributed by atoms with van der Waals surface area (Å²) in [6, 6.07) is 24.4. The zero-order chi connectivity index (χ0) is 23.1. The first kappa shape index (κ1) is 20.3. The molecule has 1 aromatic heterocycles. The monoisotopic (exact) mass is 449 g/mol. The number of methoxy groups -OCH3 is 1. The molecule has 0 spiro atoms. The summed E-state index contributed by atoms with van der Waals surface area (Å²) in [5, 5.41) is 0. The number of pyridine rings is 1. The molecule has 6 heteroatoms. The number of aromatic nitrogens is 1. The van der Waals surface area contributed by atoms with E-state index in [1.165, 1.54) is 0 Å². The number of rotatable bonds is 4. The molecule has 1 atom stereocenters. The fourth-order valence-electron chi connectivity index (χ4n) is 4.81. The maximum Gasteiger partial charge on any atom is 0.161 e. The van der Waals surface area contributed by atoms with Gasteiger partial charge in [0.15, 0.2) is 11.5 Å². The highest BCUT2D eigenvalue weighted by Crippen LogP contribution is 2.48. The normalized spacial score (nSPS) is 18.2. The minimum absolute atomic E-state index is 0.513. The van der Waals surface area contributed by atoms with E-state index in [0.717, 1.165) is 44.9 Å². The molecule has 0 bridgehead atoms. The van der Waals surface area contributed by atoms with Crippen molar-refractivity contribution in [3.63, 3.8) is 0 Å². The Hall–Kier alpha value is -4.32.